The van der Waals surface area contributed by atoms with E-state index in [-0.39, 0.29) is 10.3 Å². The minimum absolute atomic E-state index is 0.180. The van der Waals surface area contributed by atoms with Crippen LogP contribution in [0.25, 0.3) is 0 Å². The molecule has 0 spiro atoms. The number of piperidine rings is 1. The lowest BCUT2D eigenvalue weighted by atomic mass is 9.75. The zero-order chi connectivity index (χ0) is 14.8. The zero-order valence-electron chi connectivity index (χ0n) is 12.1. The summed E-state index contributed by atoms with van der Waals surface area (Å²) in [7, 11) is -3.48. The van der Waals surface area contributed by atoms with Crippen molar-refractivity contribution in [1.82, 2.24) is 4.31 Å². The van der Waals surface area contributed by atoms with E-state index >= 15 is 0 Å². The quantitative estimate of drug-likeness (QED) is 0.854. The highest BCUT2D eigenvalue weighted by Crippen LogP contribution is 2.39. The van der Waals surface area contributed by atoms with Crippen LogP contribution in [0.5, 0.6) is 0 Å². The summed E-state index contributed by atoms with van der Waals surface area (Å²) >= 11 is 0. The number of sulfonamides is 1. The van der Waals surface area contributed by atoms with Gasteiger partial charge in [0.1, 0.15) is 5.82 Å². The molecule has 1 saturated heterocycles. The molecule has 0 unspecified atom stereocenters. The Morgan fingerprint density at radius 2 is 1.60 bits per heavy atom. The molecule has 0 saturated carbocycles. The van der Waals surface area contributed by atoms with Gasteiger partial charge in [0.15, 0.2) is 0 Å². The van der Waals surface area contributed by atoms with Crippen LogP contribution in [0.3, 0.4) is 0 Å². The van der Waals surface area contributed by atoms with E-state index in [9.17, 15) is 12.8 Å². The molecule has 1 aliphatic heterocycles. The van der Waals surface area contributed by atoms with Gasteiger partial charge in [-0.3, -0.25) is 0 Å². The van der Waals surface area contributed by atoms with E-state index in [2.05, 4.69) is 13.8 Å². The Balaban J connectivity index is 2.15. The molecular formula is C15H22FNO2S. The Morgan fingerprint density at radius 3 is 2.05 bits per heavy atom. The van der Waals surface area contributed by atoms with Crippen LogP contribution in [0.2, 0.25) is 0 Å². The number of nitrogens with zero attached hydrogens (tertiary/aromatic N) is 1. The van der Waals surface area contributed by atoms with Gasteiger partial charge in [0.05, 0.1) is 4.90 Å². The second-order valence-electron chi connectivity index (χ2n) is 5.57. The van der Waals surface area contributed by atoms with Gasteiger partial charge < -0.3 is 0 Å². The maximum atomic E-state index is 12.9. The summed E-state index contributed by atoms with van der Waals surface area (Å²) in [6, 6.07) is 5.07. The highest BCUT2D eigenvalue weighted by atomic mass is 32.2. The van der Waals surface area contributed by atoms with Crippen molar-refractivity contribution in [2.24, 2.45) is 5.41 Å². The molecule has 0 bridgehead atoms. The van der Waals surface area contributed by atoms with Crippen LogP contribution in [0, 0.1) is 11.2 Å². The highest BCUT2D eigenvalue weighted by molar-refractivity contribution is 7.89. The molecule has 2 rings (SSSR count). The number of hydrogen-bond acceptors (Lipinski definition) is 2. The predicted molar refractivity (Wildman–Crippen MR) is 77.4 cm³/mol. The van der Waals surface area contributed by atoms with Crippen molar-refractivity contribution in [2.45, 2.75) is 44.4 Å². The van der Waals surface area contributed by atoms with Gasteiger partial charge in [0, 0.05) is 13.1 Å². The largest absolute Gasteiger partial charge is 0.243 e. The lowest BCUT2D eigenvalue weighted by Gasteiger charge is -2.40. The third-order valence-corrected chi connectivity index (χ3v) is 6.65. The van der Waals surface area contributed by atoms with Gasteiger partial charge >= 0.3 is 0 Å². The summed E-state index contributed by atoms with van der Waals surface area (Å²) in [5, 5.41) is 0. The summed E-state index contributed by atoms with van der Waals surface area (Å²) in [6.45, 7) is 5.46. The van der Waals surface area contributed by atoms with Gasteiger partial charge in [-0.05, 0) is 42.5 Å². The fourth-order valence-corrected chi connectivity index (χ4v) is 4.36. The van der Waals surface area contributed by atoms with Crippen LogP contribution in [0.1, 0.15) is 39.5 Å². The van der Waals surface area contributed by atoms with Gasteiger partial charge in [-0.15, -0.1) is 0 Å². The van der Waals surface area contributed by atoms with E-state index in [1.807, 2.05) is 0 Å². The summed E-state index contributed by atoms with van der Waals surface area (Å²) in [4.78, 5) is 0.180. The number of benzene rings is 1. The van der Waals surface area contributed by atoms with Crippen molar-refractivity contribution in [3.05, 3.63) is 30.1 Å². The molecule has 0 amide bonds. The Morgan fingerprint density at radius 1 is 1.10 bits per heavy atom. The Hall–Kier alpha value is -0.940. The number of rotatable bonds is 4. The van der Waals surface area contributed by atoms with E-state index in [0.29, 0.717) is 13.1 Å². The first-order chi connectivity index (χ1) is 9.43. The van der Waals surface area contributed by atoms with Crippen LogP contribution >= 0.6 is 0 Å². The van der Waals surface area contributed by atoms with E-state index in [4.69, 9.17) is 0 Å². The third-order valence-electron chi connectivity index (χ3n) is 4.73. The molecule has 0 aliphatic carbocycles. The van der Waals surface area contributed by atoms with Crippen LogP contribution in [0.15, 0.2) is 29.2 Å². The smallest absolute Gasteiger partial charge is 0.207 e. The van der Waals surface area contributed by atoms with Crippen molar-refractivity contribution in [3.8, 4) is 0 Å². The van der Waals surface area contributed by atoms with Crippen molar-refractivity contribution >= 4 is 10.0 Å². The lowest BCUT2D eigenvalue weighted by Crippen LogP contribution is -2.42. The van der Waals surface area contributed by atoms with E-state index in [0.717, 1.165) is 25.7 Å². The Labute approximate surface area is 120 Å². The summed E-state index contributed by atoms with van der Waals surface area (Å²) in [5.41, 5.74) is 0.287. The third kappa shape index (κ3) is 2.88. The van der Waals surface area contributed by atoms with E-state index in [1.54, 1.807) is 0 Å². The fraction of sp³-hybridized carbons (Fsp3) is 0.600. The summed E-state index contributed by atoms with van der Waals surface area (Å²) < 4.78 is 39.4. The molecule has 20 heavy (non-hydrogen) atoms. The molecule has 0 radical (unpaired) electrons. The van der Waals surface area contributed by atoms with Gasteiger partial charge in [0.2, 0.25) is 10.0 Å². The number of halogens is 1. The van der Waals surface area contributed by atoms with Gasteiger partial charge in [-0.25, -0.2) is 12.8 Å². The monoisotopic (exact) mass is 299 g/mol. The van der Waals surface area contributed by atoms with Gasteiger partial charge in [0.25, 0.3) is 0 Å². The van der Waals surface area contributed by atoms with Crippen molar-refractivity contribution in [2.75, 3.05) is 13.1 Å². The molecule has 0 aromatic heterocycles. The van der Waals surface area contributed by atoms with Crippen molar-refractivity contribution in [1.29, 1.82) is 0 Å². The van der Waals surface area contributed by atoms with Crippen LogP contribution in [-0.4, -0.2) is 25.8 Å². The molecule has 1 heterocycles. The first-order valence-electron chi connectivity index (χ1n) is 7.19. The summed E-state index contributed by atoms with van der Waals surface area (Å²) in [6.07, 6.45) is 3.99. The maximum Gasteiger partial charge on any atom is 0.243 e. The molecule has 0 atom stereocenters. The molecule has 1 fully saturated rings. The average Bonchev–Trinajstić information content (AvgIpc) is 2.47. The molecule has 1 aliphatic rings. The standard InChI is InChI=1S/C15H22FNO2S/c1-3-15(4-2)9-11-17(12-10-15)20(18,19)14-7-5-13(16)6-8-14/h5-8H,3-4,9-12H2,1-2H3. The second-order valence-corrected chi connectivity index (χ2v) is 7.50. The minimum Gasteiger partial charge on any atom is -0.207 e. The Bertz CT molecular complexity index is 540. The molecular weight excluding hydrogens is 277 g/mol. The summed E-state index contributed by atoms with van der Waals surface area (Å²) in [5.74, 6) is -0.418. The van der Waals surface area contributed by atoms with E-state index < -0.39 is 15.8 Å². The SMILES string of the molecule is CCC1(CC)CCN(S(=O)(=O)c2ccc(F)cc2)CC1. The average molecular weight is 299 g/mol. The first kappa shape index (κ1) is 15.4. The molecule has 3 nitrogen and oxygen atoms in total. The van der Waals surface area contributed by atoms with Crippen molar-refractivity contribution in [3.63, 3.8) is 0 Å². The topological polar surface area (TPSA) is 37.4 Å². The maximum absolute atomic E-state index is 12.9. The predicted octanol–water partition coefficient (Wildman–Crippen LogP) is 3.42. The fourth-order valence-electron chi connectivity index (χ4n) is 2.91. The Kier molecular flexibility index (Phi) is 4.49. The molecule has 0 N–H and O–H groups in total. The number of hydrogen-bond donors (Lipinski definition) is 0. The van der Waals surface area contributed by atoms with Gasteiger partial charge in [-0.1, -0.05) is 26.7 Å². The normalized spacial score (nSPS) is 19.9. The highest BCUT2D eigenvalue weighted by Gasteiger charge is 2.36. The van der Waals surface area contributed by atoms with Gasteiger partial charge in [-0.2, -0.15) is 4.31 Å². The van der Waals surface area contributed by atoms with E-state index in [1.165, 1.54) is 28.6 Å². The molecule has 1 aromatic rings. The lowest BCUT2D eigenvalue weighted by molar-refractivity contribution is 0.141. The second kappa shape index (κ2) is 5.82. The molecule has 5 heteroatoms. The molecule has 112 valence electrons. The zero-order valence-corrected chi connectivity index (χ0v) is 12.9. The minimum atomic E-state index is -3.48. The van der Waals surface area contributed by atoms with Crippen LogP contribution in [0.4, 0.5) is 4.39 Å². The van der Waals surface area contributed by atoms with Crippen LogP contribution in [-0.2, 0) is 10.0 Å². The van der Waals surface area contributed by atoms with Crippen molar-refractivity contribution < 1.29 is 12.8 Å². The first-order valence-corrected chi connectivity index (χ1v) is 8.63. The molecule has 1 aromatic carbocycles. The van der Waals surface area contributed by atoms with Crippen LogP contribution < -0.4 is 0 Å².